The van der Waals surface area contributed by atoms with Crippen LogP contribution in [-0.2, 0) is 19.5 Å². The summed E-state index contributed by atoms with van der Waals surface area (Å²) in [6, 6.07) is 8.26. The van der Waals surface area contributed by atoms with Gasteiger partial charge < -0.3 is 9.88 Å². The van der Waals surface area contributed by atoms with Crippen molar-refractivity contribution in [2.45, 2.75) is 51.7 Å². The summed E-state index contributed by atoms with van der Waals surface area (Å²) < 4.78 is 2.17. The predicted octanol–water partition coefficient (Wildman–Crippen LogP) is 2.53. The number of hydrogen-bond donors (Lipinski definition) is 1. The van der Waals surface area contributed by atoms with Crippen LogP contribution in [0.4, 0.5) is 0 Å². The van der Waals surface area contributed by atoms with Crippen LogP contribution in [0.15, 0.2) is 30.5 Å². The SMILES string of the molecule is Cc1cn2c(n1)CC[C@H](NC(=O)c1cccc(CN3CCCC3)c1)C2. The number of hydrogen-bond acceptors (Lipinski definition) is 3. The van der Waals surface area contributed by atoms with E-state index in [9.17, 15) is 4.79 Å². The number of amides is 1. The number of carbonyl (C=O) groups excluding carboxylic acids is 1. The molecule has 0 unspecified atom stereocenters. The van der Waals surface area contributed by atoms with Crippen LogP contribution in [-0.4, -0.2) is 39.5 Å². The molecule has 2 aliphatic heterocycles. The van der Waals surface area contributed by atoms with E-state index in [1.54, 1.807) is 0 Å². The van der Waals surface area contributed by atoms with Crippen molar-refractivity contribution in [3.05, 3.63) is 53.1 Å². The number of carbonyl (C=O) groups is 1. The van der Waals surface area contributed by atoms with E-state index in [2.05, 4.69) is 32.0 Å². The van der Waals surface area contributed by atoms with Crippen LogP contribution in [0, 0.1) is 6.92 Å². The Bertz CT molecular complexity index is 761. The molecule has 2 aliphatic rings. The zero-order valence-electron chi connectivity index (χ0n) is 14.9. The molecule has 132 valence electrons. The summed E-state index contributed by atoms with van der Waals surface area (Å²) >= 11 is 0. The molecular weight excluding hydrogens is 312 g/mol. The Morgan fingerprint density at radius 1 is 1.32 bits per heavy atom. The largest absolute Gasteiger partial charge is 0.347 e. The highest BCUT2D eigenvalue weighted by molar-refractivity contribution is 5.94. The van der Waals surface area contributed by atoms with E-state index in [-0.39, 0.29) is 11.9 Å². The lowest BCUT2D eigenvalue weighted by Crippen LogP contribution is -2.40. The van der Waals surface area contributed by atoms with Crippen LogP contribution in [0.25, 0.3) is 0 Å². The lowest BCUT2D eigenvalue weighted by molar-refractivity contribution is 0.0927. The minimum absolute atomic E-state index is 0.0357. The van der Waals surface area contributed by atoms with E-state index in [4.69, 9.17) is 0 Å². The van der Waals surface area contributed by atoms with Gasteiger partial charge in [0.2, 0.25) is 0 Å². The molecule has 1 atom stereocenters. The topological polar surface area (TPSA) is 50.2 Å². The molecule has 1 fully saturated rings. The Balaban J connectivity index is 1.39. The third kappa shape index (κ3) is 3.76. The molecule has 25 heavy (non-hydrogen) atoms. The number of fused-ring (bicyclic) bond motifs is 1. The van der Waals surface area contributed by atoms with Crippen molar-refractivity contribution in [2.75, 3.05) is 13.1 Å². The van der Waals surface area contributed by atoms with E-state index in [1.807, 2.05) is 25.1 Å². The lowest BCUT2D eigenvalue weighted by atomic mass is 10.1. The van der Waals surface area contributed by atoms with Gasteiger partial charge in [-0.05, 0) is 57.0 Å². The maximum atomic E-state index is 12.7. The van der Waals surface area contributed by atoms with Gasteiger partial charge in [-0.2, -0.15) is 0 Å². The summed E-state index contributed by atoms with van der Waals surface area (Å²) in [5.74, 6) is 1.17. The number of imidazole rings is 1. The van der Waals surface area contributed by atoms with E-state index < -0.39 is 0 Å². The molecule has 1 saturated heterocycles. The smallest absolute Gasteiger partial charge is 0.251 e. The lowest BCUT2D eigenvalue weighted by Gasteiger charge is -2.25. The first-order chi connectivity index (χ1) is 12.2. The van der Waals surface area contributed by atoms with Crippen LogP contribution in [0.3, 0.4) is 0 Å². The van der Waals surface area contributed by atoms with Crippen LogP contribution in [0.2, 0.25) is 0 Å². The first-order valence-electron chi connectivity index (χ1n) is 9.32. The highest BCUT2D eigenvalue weighted by atomic mass is 16.1. The van der Waals surface area contributed by atoms with Gasteiger partial charge in [0, 0.05) is 37.3 Å². The average molecular weight is 338 g/mol. The van der Waals surface area contributed by atoms with Crippen LogP contribution < -0.4 is 5.32 Å². The molecule has 1 aromatic carbocycles. The summed E-state index contributed by atoms with van der Waals surface area (Å²) in [4.78, 5) is 19.7. The maximum Gasteiger partial charge on any atom is 0.251 e. The van der Waals surface area contributed by atoms with Gasteiger partial charge in [-0.1, -0.05) is 12.1 Å². The van der Waals surface area contributed by atoms with Gasteiger partial charge in [-0.25, -0.2) is 4.98 Å². The first kappa shape index (κ1) is 16.3. The summed E-state index contributed by atoms with van der Waals surface area (Å²) in [6.45, 7) is 6.12. The summed E-state index contributed by atoms with van der Waals surface area (Å²) in [7, 11) is 0. The van der Waals surface area contributed by atoms with Crippen LogP contribution >= 0.6 is 0 Å². The molecule has 1 aromatic heterocycles. The van der Waals surface area contributed by atoms with E-state index >= 15 is 0 Å². The normalized spacial score (nSPS) is 20.4. The molecule has 0 spiro atoms. The van der Waals surface area contributed by atoms with Crippen molar-refractivity contribution < 1.29 is 4.79 Å². The molecule has 1 N–H and O–H groups in total. The second kappa shape index (κ2) is 7.00. The van der Waals surface area contributed by atoms with E-state index in [0.29, 0.717) is 0 Å². The Labute approximate surface area is 149 Å². The predicted molar refractivity (Wildman–Crippen MR) is 97.5 cm³/mol. The van der Waals surface area contributed by atoms with Crippen molar-refractivity contribution in [3.63, 3.8) is 0 Å². The number of likely N-dealkylation sites (tertiary alicyclic amines) is 1. The van der Waals surface area contributed by atoms with Crippen molar-refractivity contribution in [3.8, 4) is 0 Å². The van der Waals surface area contributed by atoms with Crippen LogP contribution in [0.5, 0.6) is 0 Å². The van der Waals surface area contributed by atoms with Gasteiger partial charge in [-0.15, -0.1) is 0 Å². The molecule has 5 nitrogen and oxygen atoms in total. The quantitative estimate of drug-likeness (QED) is 0.932. The number of rotatable bonds is 4. The molecule has 0 saturated carbocycles. The highest BCUT2D eigenvalue weighted by Gasteiger charge is 2.22. The third-order valence-corrected chi connectivity index (χ3v) is 5.24. The van der Waals surface area contributed by atoms with Gasteiger partial charge in [0.25, 0.3) is 5.91 Å². The molecular formula is C20H26N4O. The van der Waals surface area contributed by atoms with Crippen molar-refractivity contribution in [1.29, 1.82) is 0 Å². The highest BCUT2D eigenvalue weighted by Crippen LogP contribution is 2.17. The van der Waals surface area contributed by atoms with Gasteiger partial charge >= 0.3 is 0 Å². The number of aromatic nitrogens is 2. The van der Waals surface area contributed by atoms with Gasteiger partial charge in [0.1, 0.15) is 5.82 Å². The number of benzene rings is 1. The Hall–Kier alpha value is -2.14. The number of nitrogens with one attached hydrogen (secondary N) is 1. The zero-order valence-corrected chi connectivity index (χ0v) is 14.9. The molecule has 2 aromatic rings. The summed E-state index contributed by atoms with van der Waals surface area (Å²) in [6.07, 6.45) is 6.53. The van der Waals surface area contributed by atoms with Crippen molar-refractivity contribution in [2.24, 2.45) is 0 Å². The molecule has 4 rings (SSSR count). The molecule has 5 heteroatoms. The molecule has 1 amide bonds. The van der Waals surface area contributed by atoms with Crippen molar-refractivity contribution >= 4 is 5.91 Å². The van der Waals surface area contributed by atoms with E-state index in [1.165, 1.54) is 31.5 Å². The second-order valence-corrected chi connectivity index (χ2v) is 7.34. The molecule has 0 radical (unpaired) electrons. The zero-order chi connectivity index (χ0) is 17.2. The number of nitrogens with zero attached hydrogens (tertiary/aromatic N) is 3. The minimum Gasteiger partial charge on any atom is -0.347 e. The molecule has 0 bridgehead atoms. The Morgan fingerprint density at radius 2 is 2.16 bits per heavy atom. The summed E-state index contributed by atoms with van der Waals surface area (Å²) in [5.41, 5.74) is 3.05. The van der Waals surface area contributed by atoms with Crippen molar-refractivity contribution in [1.82, 2.24) is 19.8 Å². The minimum atomic E-state index is 0.0357. The summed E-state index contributed by atoms with van der Waals surface area (Å²) in [5, 5.41) is 3.21. The van der Waals surface area contributed by atoms with Gasteiger partial charge in [0.05, 0.1) is 5.69 Å². The van der Waals surface area contributed by atoms with Gasteiger partial charge in [-0.3, -0.25) is 9.69 Å². The Kier molecular flexibility index (Phi) is 4.57. The van der Waals surface area contributed by atoms with Gasteiger partial charge in [0.15, 0.2) is 0 Å². The fraction of sp³-hybridized carbons (Fsp3) is 0.500. The fourth-order valence-corrected chi connectivity index (χ4v) is 3.98. The first-order valence-corrected chi connectivity index (χ1v) is 9.32. The fourth-order valence-electron chi connectivity index (χ4n) is 3.98. The van der Waals surface area contributed by atoms with E-state index in [0.717, 1.165) is 43.0 Å². The number of aryl methyl sites for hydroxylation is 2. The van der Waals surface area contributed by atoms with Crippen LogP contribution in [0.1, 0.15) is 46.7 Å². The second-order valence-electron chi connectivity index (χ2n) is 7.34. The average Bonchev–Trinajstić information content (AvgIpc) is 3.23. The molecule has 0 aliphatic carbocycles. The molecule has 3 heterocycles. The Morgan fingerprint density at radius 3 is 3.00 bits per heavy atom. The standard InChI is InChI=1S/C20H26N4O/c1-15-12-24-14-18(7-8-19(24)21-15)22-20(25)17-6-4-5-16(11-17)13-23-9-2-3-10-23/h4-6,11-12,18H,2-3,7-10,13-14H2,1H3,(H,22,25)/t18-/m0/s1. The monoisotopic (exact) mass is 338 g/mol. The maximum absolute atomic E-state index is 12.7. The third-order valence-electron chi connectivity index (χ3n) is 5.24.